The van der Waals surface area contributed by atoms with Crippen LogP contribution in [0.2, 0.25) is 0 Å². The van der Waals surface area contributed by atoms with Gasteiger partial charge in [0.05, 0.1) is 6.61 Å². The van der Waals surface area contributed by atoms with Crippen molar-refractivity contribution in [3.63, 3.8) is 0 Å². The molecule has 1 fully saturated rings. The quantitative estimate of drug-likeness (QED) is 0.196. The summed E-state index contributed by atoms with van der Waals surface area (Å²) in [5, 5.41) is 6.84. The highest BCUT2D eigenvalue weighted by Gasteiger charge is 2.15. The Kier molecular flexibility index (Phi) is 13.7. The van der Waals surface area contributed by atoms with Crippen LogP contribution in [0, 0.1) is 0 Å². The van der Waals surface area contributed by atoms with Crippen molar-refractivity contribution in [1.29, 1.82) is 0 Å². The molecule has 0 aromatic rings. The summed E-state index contributed by atoms with van der Waals surface area (Å²) in [7, 11) is 1.82. The first kappa shape index (κ1) is 21.5. The topological polar surface area (TPSA) is 62.7 Å². The first-order chi connectivity index (χ1) is 10.3. The van der Waals surface area contributed by atoms with Crippen molar-refractivity contribution in [3.05, 3.63) is 0 Å². The van der Waals surface area contributed by atoms with Gasteiger partial charge < -0.3 is 15.4 Å². The third-order valence-corrected chi connectivity index (χ3v) is 3.83. The van der Waals surface area contributed by atoms with Crippen LogP contribution in [-0.2, 0) is 9.53 Å². The Morgan fingerprint density at radius 1 is 1.18 bits per heavy atom. The van der Waals surface area contributed by atoms with Gasteiger partial charge in [0.2, 0.25) is 0 Å². The van der Waals surface area contributed by atoms with E-state index in [-0.39, 0.29) is 29.9 Å². The minimum Gasteiger partial charge on any atom is -0.466 e. The smallest absolute Gasteiger partial charge is 0.305 e. The van der Waals surface area contributed by atoms with Gasteiger partial charge in [-0.3, -0.25) is 9.79 Å². The van der Waals surface area contributed by atoms with Crippen LogP contribution in [0.5, 0.6) is 0 Å². The number of nitrogens with one attached hydrogen (secondary N) is 2. The number of guanidine groups is 1. The fourth-order valence-corrected chi connectivity index (χ4v) is 2.65. The molecule has 1 saturated carbocycles. The molecule has 0 unspecified atom stereocenters. The molecule has 2 N–H and O–H groups in total. The first-order valence-corrected chi connectivity index (χ1v) is 8.39. The molecule has 5 nitrogen and oxygen atoms in total. The lowest BCUT2D eigenvalue weighted by atomic mass is 10.1. The molecular weight excluding hydrogens is 393 g/mol. The van der Waals surface area contributed by atoms with E-state index in [4.69, 9.17) is 4.74 Å². The van der Waals surface area contributed by atoms with Crippen LogP contribution >= 0.6 is 24.0 Å². The Bertz CT molecular complexity index is 319. The zero-order valence-electron chi connectivity index (χ0n) is 14.0. The molecule has 130 valence electrons. The summed E-state index contributed by atoms with van der Waals surface area (Å²) in [5.41, 5.74) is 0. The van der Waals surface area contributed by atoms with Crippen LogP contribution in [0.25, 0.3) is 0 Å². The zero-order chi connectivity index (χ0) is 15.3. The molecule has 0 atom stereocenters. The molecule has 6 heteroatoms. The van der Waals surface area contributed by atoms with Gasteiger partial charge in [-0.15, -0.1) is 24.0 Å². The van der Waals surface area contributed by atoms with E-state index in [2.05, 4.69) is 15.6 Å². The van der Waals surface area contributed by atoms with E-state index in [1.165, 1.54) is 25.7 Å². The number of carbonyl (C=O) groups is 1. The highest BCUT2D eigenvalue weighted by Crippen LogP contribution is 2.17. The predicted octanol–water partition coefficient (Wildman–Crippen LogP) is 3.23. The van der Waals surface area contributed by atoms with Gasteiger partial charge in [0.15, 0.2) is 5.96 Å². The molecule has 22 heavy (non-hydrogen) atoms. The molecule has 0 aromatic carbocycles. The summed E-state index contributed by atoms with van der Waals surface area (Å²) in [6.07, 6.45) is 9.96. The van der Waals surface area contributed by atoms with E-state index in [1.807, 2.05) is 14.0 Å². The van der Waals surface area contributed by atoms with Crippen molar-refractivity contribution in [2.75, 3.05) is 20.2 Å². The van der Waals surface area contributed by atoms with Crippen LogP contribution in [0.1, 0.15) is 64.7 Å². The molecule has 0 aromatic heterocycles. The summed E-state index contributed by atoms with van der Waals surface area (Å²) >= 11 is 0. The Hall–Kier alpha value is -0.530. The average Bonchev–Trinajstić information content (AvgIpc) is 2.98. The number of esters is 1. The van der Waals surface area contributed by atoms with Crippen molar-refractivity contribution in [2.45, 2.75) is 70.8 Å². The van der Waals surface area contributed by atoms with E-state index in [1.54, 1.807) is 0 Å². The maximum absolute atomic E-state index is 11.2. The third kappa shape index (κ3) is 10.2. The molecule has 1 aliphatic rings. The summed E-state index contributed by atoms with van der Waals surface area (Å²) in [6, 6.07) is 0.598. The first-order valence-electron chi connectivity index (χ1n) is 8.39. The third-order valence-electron chi connectivity index (χ3n) is 3.83. The van der Waals surface area contributed by atoms with Gasteiger partial charge in [0.1, 0.15) is 0 Å². The Morgan fingerprint density at radius 2 is 1.86 bits per heavy atom. The summed E-state index contributed by atoms with van der Waals surface area (Å²) < 4.78 is 4.90. The predicted molar refractivity (Wildman–Crippen MR) is 102 cm³/mol. The number of hydrogen-bond acceptors (Lipinski definition) is 3. The van der Waals surface area contributed by atoms with Gasteiger partial charge in [0.25, 0.3) is 0 Å². The molecule has 0 radical (unpaired) electrons. The maximum atomic E-state index is 11.2. The number of ether oxygens (including phenoxy) is 1. The van der Waals surface area contributed by atoms with Gasteiger partial charge in [-0.1, -0.05) is 25.7 Å². The van der Waals surface area contributed by atoms with Gasteiger partial charge in [-0.2, -0.15) is 0 Å². The fourth-order valence-electron chi connectivity index (χ4n) is 2.65. The van der Waals surface area contributed by atoms with Crippen molar-refractivity contribution in [1.82, 2.24) is 10.6 Å². The lowest BCUT2D eigenvalue weighted by Gasteiger charge is -2.16. The van der Waals surface area contributed by atoms with E-state index in [9.17, 15) is 4.79 Å². The van der Waals surface area contributed by atoms with Crippen LogP contribution in [0.4, 0.5) is 0 Å². The number of halogens is 1. The largest absolute Gasteiger partial charge is 0.466 e. The lowest BCUT2D eigenvalue weighted by Crippen LogP contribution is -2.42. The summed E-state index contributed by atoms with van der Waals surface area (Å²) in [6.45, 7) is 3.26. The Morgan fingerprint density at radius 3 is 2.50 bits per heavy atom. The number of nitrogens with zero attached hydrogens (tertiary/aromatic N) is 1. The fraction of sp³-hybridized carbons (Fsp3) is 0.875. The lowest BCUT2D eigenvalue weighted by molar-refractivity contribution is -0.143. The standard InChI is InChI=1S/C16H31N3O2.HI/c1-3-21-15(20)12-6-4-5-9-13-18-16(17-2)19-14-10-7-8-11-14;/h14H,3-13H2,1-2H3,(H2,17,18,19);1H. The molecule has 0 saturated heterocycles. The molecule has 1 aliphatic carbocycles. The molecule has 0 amide bonds. The Balaban J connectivity index is 0.00000441. The average molecular weight is 425 g/mol. The van der Waals surface area contributed by atoms with Crippen molar-refractivity contribution in [2.24, 2.45) is 4.99 Å². The SMILES string of the molecule is CCOC(=O)CCCCCCNC(=NC)NC1CCCC1.I. The molecular formula is C16H32IN3O2. The normalized spacial score (nSPS) is 15.3. The van der Waals surface area contributed by atoms with Crippen LogP contribution in [0.15, 0.2) is 4.99 Å². The molecule has 0 bridgehead atoms. The van der Waals surface area contributed by atoms with Crippen molar-refractivity contribution in [3.8, 4) is 0 Å². The molecule has 0 spiro atoms. The van der Waals surface area contributed by atoms with Crippen molar-refractivity contribution >= 4 is 35.9 Å². The molecule has 0 heterocycles. The van der Waals surface area contributed by atoms with Gasteiger partial charge >= 0.3 is 5.97 Å². The highest BCUT2D eigenvalue weighted by molar-refractivity contribution is 14.0. The van der Waals surface area contributed by atoms with E-state index < -0.39 is 0 Å². The second kappa shape index (κ2) is 14.1. The number of unbranched alkanes of at least 4 members (excludes halogenated alkanes) is 3. The number of rotatable bonds is 9. The van der Waals surface area contributed by atoms with Crippen molar-refractivity contribution < 1.29 is 9.53 Å². The minimum absolute atomic E-state index is 0. The maximum Gasteiger partial charge on any atom is 0.305 e. The van der Waals surface area contributed by atoms with Crippen LogP contribution < -0.4 is 10.6 Å². The second-order valence-electron chi connectivity index (χ2n) is 5.59. The molecule has 0 aliphatic heterocycles. The number of aliphatic imine (C=N–C) groups is 1. The highest BCUT2D eigenvalue weighted by atomic mass is 127. The van der Waals surface area contributed by atoms with E-state index >= 15 is 0 Å². The number of hydrogen-bond donors (Lipinski definition) is 2. The molecule has 1 rings (SSSR count). The van der Waals surface area contributed by atoms with E-state index in [0.717, 1.165) is 38.2 Å². The van der Waals surface area contributed by atoms with Crippen LogP contribution in [0.3, 0.4) is 0 Å². The summed E-state index contributed by atoms with van der Waals surface area (Å²) in [4.78, 5) is 15.4. The summed E-state index contributed by atoms with van der Waals surface area (Å²) in [5.74, 6) is 0.852. The minimum atomic E-state index is -0.0724. The zero-order valence-corrected chi connectivity index (χ0v) is 16.4. The van der Waals surface area contributed by atoms with Gasteiger partial charge in [0, 0.05) is 26.1 Å². The van der Waals surface area contributed by atoms with Gasteiger partial charge in [-0.05, 0) is 32.6 Å². The monoisotopic (exact) mass is 425 g/mol. The van der Waals surface area contributed by atoms with Gasteiger partial charge in [-0.25, -0.2) is 0 Å². The van der Waals surface area contributed by atoms with Crippen LogP contribution in [-0.4, -0.2) is 38.2 Å². The number of carbonyl (C=O) groups excluding carboxylic acids is 1. The second-order valence-corrected chi connectivity index (χ2v) is 5.59. The Labute approximate surface area is 152 Å². The van der Waals surface area contributed by atoms with E-state index in [0.29, 0.717) is 19.1 Å².